The van der Waals surface area contributed by atoms with Gasteiger partial charge in [-0.05, 0) is 24.5 Å². The van der Waals surface area contributed by atoms with Crippen LogP contribution in [0, 0.1) is 16.0 Å². The van der Waals surface area contributed by atoms with E-state index in [0.717, 1.165) is 6.42 Å². The minimum atomic E-state index is -0.551. The van der Waals surface area contributed by atoms with Crippen LogP contribution in [0.4, 0.5) is 5.69 Å². The molecule has 1 saturated heterocycles. The van der Waals surface area contributed by atoms with Gasteiger partial charge in [-0.2, -0.15) is 0 Å². The molecule has 1 aromatic rings. The van der Waals surface area contributed by atoms with Gasteiger partial charge in [0.1, 0.15) is 0 Å². The minimum absolute atomic E-state index is 0.0965. The van der Waals surface area contributed by atoms with Gasteiger partial charge in [-0.15, -0.1) is 0 Å². The van der Waals surface area contributed by atoms with Crippen molar-refractivity contribution in [1.29, 1.82) is 0 Å². The van der Waals surface area contributed by atoms with Gasteiger partial charge in [-0.1, -0.05) is 6.92 Å². The van der Waals surface area contributed by atoms with Crippen molar-refractivity contribution in [3.05, 3.63) is 33.9 Å². The molecule has 2 N–H and O–H groups in total. The van der Waals surface area contributed by atoms with Crippen molar-refractivity contribution in [2.45, 2.75) is 19.4 Å². The molecule has 0 saturated carbocycles. The Morgan fingerprint density at radius 1 is 1.52 bits per heavy atom. The number of ether oxygens (including phenoxy) is 1. The van der Waals surface area contributed by atoms with Gasteiger partial charge < -0.3 is 15.4 Å². The van der Waals surface area contributed by atoms with Crippen LogP contribution < -0.4 is 10.5 Å². The van der Waals surface area contributed by atoms with Gasteiger partial charge >= 0.3 is 5.69 Å². The summed E-state index contributed by atoms with van der Waals surface area (Å²) in [5, 5.41) is 11.0. The van der Waals surface area contributed by atoms with E-state index in [0.29, 0.717) is 18.7 Å². The Morgan fingerprint density at radius 3 is 2.81 bits per heavy atom. The van der Waals surface area contributed by atoms with Crippen LogP contribution in [-0.2, 0) is 0 Å². The first-order valence-electron chi connectivity index (χ1n) is 6.81. The quantitative estimate of drug-likeness (QED) is 0.671. The SMILES string of the molecule is COc1ccc(C(=O)N2CCC(N)C(C)C2)cc1[N+](=O)[O-]. The summed E-state index contributed by atoms with van der Waals surface area (Å²) in [5.74, 6) is 0.154. The smallest absolute Gasteiger partial charge is 0.311 e. The van der Waals surface area contributed by atoms with Crippen molar-refractivity contribution in [2.24, 2.45) is 11.7 Å². The second-order valence-electron chi connectivity index (χ2n) is 5.32. The van der Waals surface area contributed by atoms with Crippen molar-refractivity contribution in [3.63, 3.8) is 0 Å². The van der Waals surface area contributed by atoms with E-state index < -0.39 is 4.92 Å². The normalized spacial score (nSPS) is 22.0. The number of amides is 1. The van der Waals surface area contributed by atoms with Crippen LogP contribution in [-0.4, -0.2) is 42.0 Å². The Morgan fingerprint density at radius 2 is 2.24 bits per heavy atom. The third-order valence-corrected chi connectivity index (χ3v) is 3.88. The second-order valence-corrected chi connectivity index (χ2v) is 5.32. The van der Waals surface area contributed by atoms with E-state index in [4.69, 9.17) is 10.5 Å². The van der Waals surface area contributed by atoms with E-state index in [2.05, 4.69) is 0 Å². The number of piperidine rings is 1. The number of carbonyl (C=O) groups is 1. The molecule has 0 aromatic heterocycles. The molecule has 1 heterocycles. The zero-order valence-corrected chi connectivity index (χ0v) is 12.1. The molecule has 7 nitrogen and oxygen atoms in total. The van der Waals surface area contributed by atoms with E-state index in [9.17, 15) is 14.9 Å². The summed E-state index contributed by atoms with van der Waals surface area (Å²) < 4.78 is 4.93. The molecule has 0 radical (unpaired) electrons. The molecular formula is C14H19N3O4. The van der Waals surface area contributed by atoms with Crippen LogP contribution >= 0.6 is 0 Å². The van der Waals surface area contributed by atoms with Crippen molar-refractivity contribution in [3.8, 4) is 5.75 Å². The number of nitrogens with zero attached hydrogens (tertiary/aromatic N) is 2. The zero-order valence-electron chi connectivity index (χ0n) is 12.1. The first-order valence-corrected chi connectivity index (χ1v) is 6.81. The van der Waals surface area contributed by atoms with Gasteiger partial charge in [0.15, 0.2) is 5.75 Å². The van der Waals surface area contributed by atoms with Crippen molar-refractivity contribution >= 4 is 11.6 Å². The third-order valence-electron chi connectivity index (χ3n) is 3.88. The highest BCUT2D eigenvalue weighted by Crippen LogP contribution is 2.28. The monoisotopic (exact) mass is 293 g/mol. The fourth-order valence-electron chi connectivity index (χ4n) is 2.50. The van der Waals surface area contributed by atoms with Crippen LogP contribution in [0.25, 0.3) is 0 Å². The Labute approximate surface area is 122 Å². The van der Waals surface area contributed by atoms with E-state index in [-0.39, 0.29) is 29.3 Å². The van der Waals surface area contributed by atoms with Gasteiger partial charge in [0.2, 0.25) is 0 Å². The lowest BCUT2D eigenvalue weighted by Gasteiger charge is -2.35. The molecule has 0 aliphatic carbocycles. The summed E-state index contributed by atoms with van der Waals surface area (Å²) in [7, 11) is 1.36. The molecule has 114 valence electrons. The highest BCUT2D eigenvalue weighted by Gasteiger charge is 2.28. The van der Waals surface area contributed by atoms with Crippen LogP contribution in [0.3, 0.4) is 0 Å². The van der Waals surface area contributed by atoms with Gasteiger partial charge in [-0.3, -0.25) is 14.9 Å². The average molecular weight is 293 g/mol. The Balaban J connectivity index is 2.23. The van der Waals surface area contributed by atoms with Crippen LogP contribution in [0.1, 0.15) is 23.7 Å². The van der Waals surface area contributed by atoms with Crippen molar-refractivity contribution < 1.29 is 14.5 Å². The van der Waals surface area contributed by atoms with Gasteiger partial charge in [0.25, 0.3) is 5.91 Å². The molecule has 0 spiro atoms. The lowest BCUT2D eigenvalue weighted by Crippen LogP contribution is -2.48. The number of benzene rings is 1. The molecule has 1 aliphatic rings. The molecule has 2 atom stereocenters. The highest BCUT2D eigenvalue weighted by molar-refractivity contribution is 5.95. The zero-order chi connectivity index (χ0) is 15.6. The fraction of sp³-hybridized carbons (Fsp3) is 0.500. The topological polar surface area (TPSA) is 98.7 Å². The Bertz CT molecular complexity index is 561. The molecule has 0 bridgehead atoms. The van der Waals surface area contributed by atoms with Gasteiger partial charge in [-0.25, -0.2) is 0 Å². The van der Waals surface area contributed by atoms with Crippen LogP contribution in [0.5, 0.6) is 5.75 Å². The van der Waals surface area contributed by atoms with E-state index >= 15 is 0 Å². The number of hydrogen-bond acceptors (Lipinski definition) is 5. The predicted molar refractivity (Wildman–Crippen MR) is 77.3 cm³/mol. The first-order chi connectivity index (χ1) is 9.93. The molecule has 1 aliphatic heterocycles. The molecular weight excluding hydrogens is 274 g/mol. The highest BCUT2D eigenvalue weighted by atomic mass is 16.6. The lowest BCUT2D eigenvalue weighted by molar-refractivity contribution is -0.385. The number of rotatable bonds is 3. The Hall–Kier alpha value is -2.15. The fourth-order valence-corrected chi connectivity index (χ4v) is 2.50. The van der Waals surface area contributed by atoms with Crippen LogP contribution in [0.15, 0.2) is 18.2 Å². The molecule has 21 heavy (non-hydrogen) atoms. The molecule has 2 unspecified atom stereocenters. The summed E-state index contributed by atoms with van der Waals surface area (Å²) in [6, 6.07) is 4.36. The van der Waals surface area contributed by atoms with Crippen LogP contribution in [0.2, 0.25) is 0 Å². The third kappa shape index (κ3) is 3.13. The standard InChI is InChI=1S/C14H19N3O4/c1-9-8-16(6-5-11(9)15)14(18)10-3-4-13(21-2)12(7-10)17(19)20/h3-4,7,9,11H,5-6,8,15H2,1-2H3. The minimum Gasteiger partial charge on any atom is -0.490 e. The summed E-state index contributed by atoms with van der Waals surface area (Å²) in [6.07, 6.45) is 0.741. The second kappa shape index (κ2) is 6.09. The number of likely N-dealkylation sites (tertiary alicyclic amines) is 1. The molecule has 2 rings (SSSR count). The van der Waals surface area contributed by atoms with Crippen molar-refractivity contribution in [1.82, 2.24) is 4.90 Å². The van der Waals surface area contributed by atoms with Gasteiger partial charge in [0.05, 0.1) is 12.0 Å². The van der Waals surface area contributed by atoms with E-state index in [1.165, 1.54) is 19.2 Å². The predicted octanol–water partition coefficient (Wildman–Crippen LogP) is 1.41. The summed E-state index contributed by atoms with van der Waals surface area (Å²) in [4.78, 5) is 24.6. The Kier molecular flexibility index (Phi) is 4.42. The number of hydrogen-bond donors (Lipinski definition) is 1. The number of nitro benzene ring substituents is 1. The largest absolute Gasteiger partial charge is 0.490 e. The summed E-state index contributed by atoms with van der Waals surface area (Å²) in [6.45, 7) is 3.14. The summed E-state index contributed by atoms with van der Waals surface area (Å²) >= 11 is 0. The number of nitro groups is 1. The molecule has 1 amide bonds. The number of nitrogens with two attached hydrogens (primary N) is 1. The van der Waals surface area contributed by atoms with Gasteiger partial charge in [0, 0.05) is 30.8 Å². The average Bonchev–Trinajstić information content (AvgIpc) is 2.48. The maximum Gasteiger partial charge on any atom is 0.311 e. The van der Waals surface area contributed by atoms with Crippen molar-refractivity contribution in [2.75, 3.05) is 20.2 Å². The number of methoxy groups -OCH3 is 1. The van der Waals surface area contributed by atoms with E-state index in [1.54, 1.807) is 11.0 Å². The lowest BCUT2D eigenvalue weighted by atomic mass is 9.94. The molecule has 7 heteroatoms. The summed E-state index contributed by atoms with van der Waals surface area (Å²) in [5.41, 5.74) is 6.03. The molecule has 1 fully saturated rings. The number of carbonyl (C=O) groups excluding carboxylic acids is 1. The molecule has 1 aromatic carbocycles. The maximum atomic E-state index is 12.4. The first kappa shape index (κ1) is 15.2. The van der Waals surface area contributed by atoms with E-state index in [1.807, 2.05) is 6.92 Å². The maximum absolute atomic E-state index is 12.4.